The maximum Gasteiger partial charge on any atom is 0.410 e. The van der Waals surface area contributed by atoms with Gasteiger partial charge in [-0.1, -0.05) is 0 Å². The Morgan fingerprint density at radius 1 is 1.45 bits per heavy atom. The lowest BCUT2D eigenvalue weighted by molar-refractivity contribution is -0.149. The number of rotatable bonds is 2. The Labute approximate surface area is 121 Å². The molecular weight excluding hydrogens is 256 g/mol. The fourth-order valence-corrected chi connectivity index (χ4v) is 3.37. The van der Waals surface area contributed by atoms with Gasteiger partial charge in [-0.05, 0) is 47.0 Å². The first kappa shape index (κ1) is 15.6. The average molecular weight is 284 g/mol. The summed E-state index contributed by atoms with van der Waals surface area (Å²) in [6.07, 6.45) is 2.86. The summed E-state index contributed by atoms with van der Waals surface area (Å²) in [6, 6.07) is 0.129. The maximum atomic E-state index is 12.2. The maximum absolute atomic E-state index is 12.2. The van der Waals surface area contributed by atoms with Gasteiger partial charge in [-0.25, -0.2) is 4.79 Å². The highest BCUT2D eigenvalue weighted by Crippen LogP contribution is 2.48. The van der Waals surface area contributed by atoms with Gasteiger partial charge in [0.25, 0.3) is 0 Å². The minimum Gasteiger partial charge on any atom is -0.444 e. The number of hydrogen-bond acceptors (Lipinski definition) is 4. The number of piperidine rings is 1. The predicted molar refractivity (Wildman–Crippen MR) is 77.5 cm³/mol. The number of nitrogens with zero attached hydrogens (tertiary/aromatic N) is 1. The van der Waals surface area contributed by atoms with Crippen LogP contribution in [0.25, 0.3) is 0 Å². The van der Waals surface area contributed by atoms with Gasteiger partial charge in [0.15, 0.2) is 0 Å². The van der Waals surface area contributed by atoms with Gasteiger partial charge in [0.2, 0.25) is 0 Å². The lowest BCUT2D eigenvalue weighted by Gasteiger charge is -2.57. The molecule has 0 unspecified atom stereocenters. The SMILES string of the molecule is CCO[C@H]1C[C@@H](N)[C@@]12CCCN(C(=O)OC(C)(C)C)C2. The fraction of sp³-hybridized carbons (Fsp3) is 0.933. The van der Waals surface area contributed by atoms with Gasteiger partial charge in [-0.2, -0.15) is 0 Å². The molecular formula is C15H28N2O3. The van der Waals surface area contributed by atoms with E-state index in [2.05, 4.69) is 0 Å². The van der Waals surface area contributed by atoms with E-state index in [1.54, 1.807) is 4.90 Å². The number of carbonyl (C=O) groups is 1. The molecule has 0 bridgehead atoms. The molecule has 1 heterocycles. The van der Waals surface area contributed by atoms with Crippen LogP contribution in [0.1, 0.15) is 47.0 Å². The molecule has 5 nitrogen and oxygen atoms in total. The second-order valence-corrected chi connectivity index (χ2v) is 7.02. The quantitative estimate of drug-likeness (QED) is 0.843. The van der Waals surface area contributed by atoms with Crippen LogP contribution in [0, 0.1) is 5.41 Å². The molecule has 20 heavy (non-hydrogen) atoms. The second kappa shape index (κ2) is 5.53. The van der Waals surface area contributed by atoms with Crippen molar-refractivity contribution >= 4 is 6.09 Å². The summed E-state index contributed by atoms with van der Waals surface area (Å²) in [6.45, 7) is 9.79. The molecule has 0 aromatic rings. The van der Waals surface area contributed by atoms with Gasteiger partial charge in [0, 0.05) is 31.2 Å². The van der Waals surface area contributed by atoms with Crippen molar-refractivity contribution in [2.24, 2.45) is 11.1 Å². The van der Waals surface area contributed by atoms with Crippen molar-refractivity contribution < 1.29 is 14.3 Å². The summed E-state index contributed by atoms with van der Waals surface area (Å²) in [5, 5.41) is 0. The molecule has 1 saturated heterocycles. The van der Waals surface area contributed by atoms with Gasteiger partial charge in [-0.15, -0.1) is 0 Å². The fourth-order valence-electron chi connectivity index (χ4n) is 3.37. The highest BCUT2D eigenvalue weighted by molar-refractivity contribution is 5.68. The molecule has 1 aliphatic carbocycles. The van der Waals surface area contributed by atoms with E-state index < -0.39 is 5.60 Å². The van der Waals surface area contributed by atoms with Crippen LogP contribution in [0.2, 0.25) is 0 Å². The molecule has 116 valence electrons. The van der Waals surface area contributed by atoms with Crippen LogP contribution in [0.4, 0.5) is 4.79 Å². The molecule has 0 radical (unpaired) electrons. The van der Waals surface area contributed by atoms with Crippen LogP contribution in [0.5, 0.6) is 0 Å². The van der Waals surface area contributed by atoms with E-state index in [9.17, 15) is 4.79 Å². The third-order valence-corrected chi connectivity index (χ3v) is 4.42. The van der Waals surface area contributed by atoms with E-state index in [4.69, 9.17) is 15.2 Å². The number of ether oxygens (including phenoxy) is 2. The number of amides is 1. The van der Waals surface area contributed by atoms with E-state index in [0.29, 0.717) is 13.2 Å². The zero-order chi connectivity index (χ0) is 15.0. The van der Waals surface area contributed by atoms with Crippen LogP contribution in [-0.2, 0) is 9.47 Å². The second-order valence-electron chi connectivity index (χ2n) is 7.02. The average Bonchev–Trinajstić information content (AvgIpc) is 2.37. The van der Waals surface area contributed by atoms with Gasteiger partial charge in [0.1, 0.15) is 5.60 Å². The van der Waals surface area contributed by atoms with E-state index >= 15 is 0 Å². The van der Waals surface area contributed by atoms with E-state index in [0.717, 1.165) is 25.8 Å². The Bertz CT molecular complexity index is 365. The topological polar surface area (TPSA) is 64.8 Å². The molecule has 2 fully saturated rings. The largest absolute Gasteiger partial charge is 0.444 e. The lowest BCUT2D eigenvalue weighted by Crippen LogP contribution is -2.68. The Hall–Kier alpha value is -0.810. The van der Waals surface area contributed by atoms with Crippen molar-refractivity contribution in [2.75, 3.05) is 19.7 Å². The molecule has 2 aliphatic rings. The minimum absolute atomic E-state index is 0.0643. The van der Waals surface area contributed by atoms with Gasteiger partial charge < -0.3 is 20.1 Å². The summed E-state index contributed by atoms with van der Waals surface area (Å²) >= 11 is 0. The van der Waals surface area contributed by atoms with Gasteiger partial charge in [-0.3, -0.25) is 0 Å². The standard InChI is InChI=1S/C15H28N2O3/c1-5-19-12-9-11(16)15(12)7-6-8-17(10-15)13(18)20-14(2,3)4/h11-12H,5-10,16H2,1-4H3/t11-,12+,15+/m1/s1. The highest BCUT2D eigenvalue weighted by atomic mass is 16.6. The first-order valence-electron chi connectivity index (χ1n) is 7.63. The Morgan fingerprint density at radius 3 is 2.70 bits per heavy atom. The molecule has 1 amide bonds. The highest BCUT2D eigenvalue weighted by Gasteiger charge is 2.56. The number of hydrogen-bond donors (Lipinski definition) is 1. The molecule has 5 heteroatoms. The van der Waals surface area contributed by atoms with Crippen LogP contribution >= 0.6 is 0 Å². The molecule has 2 N–H and O–H groups in total. The van der Waals surface area contributed by atoms with Crippen molar-refractivity contribution in [2.45, 2.75) is 64.7 Å². The van der Waals surface area contributed by atoms with Crippen molar-refractivity contribution in [1.82, 2.24) is 4.90 Å². The third-order valence-electron chi connectivity index (χ3n) is 4.42. The van der Waals surface area contributed by atoms with Crippen molar-refractivity contribution in [3.05, 3.63) is 0 Å². The third kappa shape index (κ3) is 2.93. The number of carbonyl (C=O) groups excluding carboxylic acids is 1. The zero-order valence-corrected chi connectivity index (χ0v) is 13.1. The Balaban J connectivity index is 2.02. The normalized spacial score (nSPS) is 34.0. The first-order valence-corrected chi connectivity index (χ1v) is 7.63. The summed E-state index contributed by atoms with van der Waals surface area (Å²) in [4.78, 5) is 14.0. The summed E-state index contributed by atoms with van der Waals surface area (Å²) in [5.74, 6) is 0. The van der Waals surface area contributed by atoms with E-state index in [-0.39, 0.29) is 23.7 Å². The van der Waals surface area contributed by atoms with Gasteiger partial charge >= 0.3 is 6.09 Å². The summed E-state index contributed by atoms with van der Waals surface area (Å²) in [7, 11) is 0. The molecule has 1 spiro atoms. The molecule has 2 rings (SSSR count). The lowest BCUT2D eigenvalue weighted by atomic mass is 9.58. The minimum atomic E-state index is -0.456. The van der Waals surface area contributed by atoms with E-state index in [1.807, 2.05) is 27.7 Å². The molecule has 3 atom stereocenters. The van der Waals surface area contributed by atoms with Crippen LogP contribution in [-0.4, -0.2) is 48.4 Å². The van der Waals surface area contributed by atoms with Crippen molar-refractivity contribution in [3.63, 3.8) is 0 Å². The van der Waals surface area contributed by atoms with E-state index in [1.165, 1.54) is 0 Å². The Morgan fingerprint density at radius 2 is 2.15 bits per heavy atom. The molecule has 0 aromatic heterocycles. The summed E-state index contributed by atoms with van der Waals surface area (Å²) < 4.78 is 11.3. The van der Waals surface area contributed by atoms with Crippen molar-refractivity contribution in [3.8, 4) is 0 Å². The number of likely N-dealkylation sites (tertiary alicyclic amines) is 1. The first-order chi connectivity index (χ1) is 9.28. The molecule has 1 aliphatic heterocycles. The van der Waals surface area contributed by atoms with Crippen LogP contribution in [0.3, 0.4) is 0 Å². The zero-order valence-electron chi connectivity index (χ0n) is 13.1. The predicted octanol–water partition coefficient (Wildman–Crippen LogP) is 2.14. The smallest absolute Gasteiger partial charge is 0.410 e. The summed E-state index contributed by atoms with van der Waals surface area (Å²) in [5.41, 5.74) is 5.72. The molecule has 1 saturated carbocycles. The Kier molecular flexibility index (Phi) is 4.30. The van der Waals surface area contributed by atoms with Crippen molar-refractivity contribution in [1.29, 1.82) is 0 Å². The van der Waals surface area contributed by atoms with Crippen LogP contribution < -0.4 is 5.73 Å². The monoisotopic (exact) mass is 284 g/mol. The molecule has 0 aromatic carbocycles. The number of nitrogens with two attached hydrogens (primary N) is 1. The van der Waals surface area contributed by atoms with Gasteiger partial charge in [0.05, 0.1) is 6.10 Å². The van der Waals surface area contributed by atoms with Crippen LogP contribution in [0.15, 0.2) is 0 Å².